The zero-order chi connectivity index (χ0) is 13.1. The molecule has 0 aliphatic heterocycles. The number of anilines is 1. The molecule has 18 heavy (non-hydrogen) atoms. The van der Waals surface area contributed by atoms with Crippen molar-refractivity contribution in [2.75, 3.05) is 5.32 Å². The van der Waals surface area contributed by atoms with E-state index in [0.717, 1.165) is 0 Å². The molecule has 2 rings (SSSR count). The Kier molecular flexibility index (Phi) is 4.03. The highest BCUT2D eigenvalue weighted by molar-refractivity contribution is 9.10. The number of amides is 1. The van der Waals surface area contributed by atoms with Gasteiger partial charge in [-0.05, 0) is 50.1 Å². The smallest absolute Gasteiger partial charge is 0.256 e. The first-order chi connectivity index (χ1) is 8.56. The van der Waals surface area contributed by atoms with Crippen molar-refractivity contribution in [3.8, 4) is 0 Å². The summed E-state index contributed by atoms with van der Waals surface area (Å²) < 4.78 is 13.8. The van der Waals surface area contributed by atoms with E-state index in [2.05, 4.69) is 47.1 Å². The third-order valence-corrected chi connectivity index (χ3v) is 3.06. The van der Waals surface area contributed by atoms with Gasteiger partial charge in [0.1, 0.15) is 10.4 Å². The lowest BCUT2D eigenvalue weighted by molar-refractivity contribution is 0.102. The van der Waals surface area contributed by atoms with E-state index in [9.17, 15) is 9.18 Å². The van der Waals surface area contributed by atoms with Crippen LogP contribution in [0.3, 0.4) is 0 Å². The standard InChI is InChI=1S/C11H6Br2FN3O/c12-7-3-6(1-2-8(7)14)11(18)17-10-5-15-9(13)4-16-10/h1-5H,(H,16,17,18). The predicted molar refractivity (Wildman–Crippen MR) is 71.8 cm³/mol. The Hall–Kier alpha value is -1.34. The highest BCUT2D eigenvalue weighted by atomic mass is 79.9. The number of halogens is 3. The summed E-state index contributed by atoms with van der Waals surface area (Å²) in [5.41, 5.74) is 0.327. The number of hydrogen-bond donors (Lipinski definition) is 1. The number of rotatable bonds is 2. The molecular formula is C11H6Br2FN3O. The molecule has 0 aliphatic rings. The Labute approximate surface area is 119 Å². The average Bonchev–Trinajstić information content (AvgIpc) is 2.35. The van der Waals surface area contributed by atoms with Crippen LogP contribution < -0.4 is 5.32 Å². The second-order valence-corrected chi connectivity index (χ2v) is 4.97. The molecule has 4 nitrogen and oxygen atoms in total. The van der Waals surface area contributed by atoms with Crippen LogP contribution >= 0.6 is 31.9 Å². The van der Waals surface area contributed by atoms with E-state index in [4.69, 9.17) is 0 Å². The second-order valence-electron chi connectivity index (χ2n) is 3.31. The van der Waals surface area contributed by atoms with Crippen molar-refractivity contribution in [1.82, 2.24) is 9.97 Å². The zero-order valence-electron chi connectivity index (χ0n) is 8.82. The maximum Gasteiger partial charge on any atom is 0.256 e. The van der Waals surface area contributed by atoms with E-state index in [1.807, 2.05) is 0 Å². The number of benzene rings is 1. The lowest BCUT2D eigenvalue weighted by Crippen LogP contribution is -2.13. The number of nitrogens with one attached hydrogen (secondary N) is 1. The molecule has 0 fully saturated rings. The Morgan fingerprint density at radius 2 is 2.00 bits per heavy atom. The first-order valence-electron chi connectivity index (χ1n) is 4.80. The molecule has 7 heteroatoms. The van der Waals surface area contributed by atoms with Gasteiger partial charge in [-0.15, -0.1) is 0 Å². The lowest BCUT2D eigenvalue weighted by atomic mass is 10.2. The summed E-state index contributed by atoms with van der Waals surface area (Å²) in [5.74, 6) is -0.481. The van der Waals surface area contributed by atoms with E-state index >= 15 is 0 Å². The lowest BCUT2D eigenvalue weighted by Gasteiger charge is -2.04. The summed E-state index contributed by atoms with van der Waals surface area (Å²) in [6.07, 6.45) is 2.89. The minimum Gasteiger partial charge on any atom is -0.305 e. The van der Waals surface area contributed by atoms with Crippen molar-refractivity contribution in [2.45, 2.75) is 0 Å². The summed E-state index contributed by atoms with van der Waals surface area (Å²) in [7, 11) is 0. The summed E-state index contributed by atoms with van der Waals surface area (Å²) >= 11 is 6.16. The van der Waals surface area contributed by atoms with E-state index < -0.39 is 5.82 Å². The third-order valence-electron chi connectivity index (χ3n) is 2.04. The summed E-state index contributed by atoms with van der Waals surface area (Å²) in [6, 6.07) is 4.00. The molecule has 0 radical (unpaired) electrons. The molecule has 0 atom stereocenters. The van der Waals surface area contributed by atoms with Gasteiger partial charge in [-0.3, -0.25) is 4.79 Å². The Morgan fingerprint density at radius 3 is 2.61 bits per heavy atom. The summed E-state index contributed by atoms with van der Waals surface area (Å²) in [4.78, 5) is 19.7. The van der Waals surface area contributed by atoms with Crippen LogP contribution in [-0.4, -0.2) is 15.9 Å². The maximum absolute atomic E-state index is 13.0. The normalized spacial score (nSPS) is 10.2. The molecule has 0 bridgehead atoms. The largest absolute Gasteiger partial charge is 0.305 e. The molecule has 1 N–H and O–H groups in total. The summed E-state index contributed by atoms with van der Waals surface area (Å²) in [5, 5.41) is 2.56. The number of aromatic nitrogens is 2. The van der Waals surface area contributed by atoms with Gasteiger partial charge >= 0.3 is 0 Å². The molecule has 0 aliphatic carbocycles. The second kappa shape index (κ2) is 5.53. The molecule has 0 unspecified atom stereocenters. The molecular weight excluding hydrogens is 369 g/mol. The van der Waals surface area contributed by atoms with Gasteiger partial charge in [0.05, 0.1) is 16.9 Å². The van der Waals surface area contributed by atoms with Crippen LogP contribution in [0.25, 0.3) is 0 Å². The summed E-state index contributed by atoms with van der Waals surface area (Å²) in [6.45, 7) is 0. The van der Waals surface area contributed by atoms with E-state index in [1.54, 1.807) is 0 Å². The van der Waals surface area contributed by atoms with Crippen LogP contribution in [0, 0.1) is 5.82 Å². The van der Waals surface area contributed by atoms with Crippen molar-refractivity contribution in [2.24, 2.45) is 0 Å². The Bertz CT molecular complexity index is 589. The molecule has 1 aromatic carbocycles. The minimum atomic E-state index is -0.421. The third kappa shape index (κ3) is 3.11. The fraction of sp³-hybridized carbons (Fsp3) is 0. The van der Waals surface area contributed by atoms with Gasteiger partial charge < -0.3 is 5.32 Å². The van der Waals surface area contributed by atoms with Gasteiger partial charge in [0.25, 0.3) is 5.91 Å². The molecule has 1 aromatic heterocycles. The fourth-order valence-corrected chi connectivity index (χ4v) is 1.79. The van der Waals surface area contributed by atoms with Crippen molar-refractivity contribution in [3.63, 3.8) is 0 Å². The van der Waals surface area contributed by atoms with E-state index in [0.29, 0.717) is 16.0 Å². The minimum absolute atomic E-state index is 0.233. The van der Waals surface area contributed by atoms with Crippen molar-refractivity contribution >= 4 is 43.6 Å². The van der Waals surface area contributed by atoms with Crippen molar-refractivity contribution in [3.05, 3.63) is 51.0 Å². The van der Waals surface area contributed by atoms with Crippen molar-refractivity contribution in [1.29, 1.82) is 0 Å². The van der Waals surface area contributed by atoms with Crippen LogP contribution in [0.5, 0.6) is 0 Å². The SMILES string of the molecule is O=C(Nc1cnc(Br)cn1)c1ccc(F)c(Br)c1. The first kappa shape index (κ1) is 13.1. The number of carbonyl (C=O) groups excluding carboxylic acids is 1. The zero-order valence-corrected chi connectivity index (χ0v) is 12.0. The quantitative estimate of drug-likeness (QED) is 0.876. The van der Waals surface area contributed by atoms with Crippen molar-refractivity contribution < 1.29 is 9.18 Å². The molecule has 2 aromatic rings. The van der Waals surface area contributed by atoms with E-state index in [-0.39, 0.29) is 10.4 Å². The number of hydrogen-bond acceptors (Lipinski definition) is 3. The Morgan fingerprint density at radius 1 is 1.22 bits per heavy atom. The maximum atomic E-state index is 13.0. The van der Waals surface area contributed by atoms with Crippen LogP contribution in [0.2, 0.25) is 0 Å². The van der Waals surface area contributed by atoms with Crippen LogP contribution in [-0.2, 0) is 0 Å². The molecule has 92 valence electrons. The van der Waals surface area contributed by atoms with Crippen LogP contribution in [0.15, 0.2) is 39.7 Å². The number of carbonyl (C=O) groups is 1. The van der Waals surface area contributed by atoms with E-state index in [1.165, 1.54) is 30.6 Å². The highest BCUT2D eigenvalue weighted by Crippen LogP contribution is 2.17. The monoisotopic (exact) mass is 373 g/mol. The fourth-order valence-electron chi connectivity index (χ4n) is 1.20. The molecule has 1 amide bonds. The molecule has 0 spiro atoms. The first-order valence-corrected chi connectivity index (χ1v) is 6.39. The van der Waals surface area contributed by atoms with Gasteiger partial charge in [-0.1, -0.05) is 0 Å². The van der Waals surface area contributed by atoms with Crippen LogP contribution in [0.4, 0.5) is 10.2 Å². The molecule has 0 saturated heterocycles. The van der Waals surface area contributed by atoms with Gasteiger partial charge in [-0.2, -0.15) is 0 Å². The van der Waals surface area contributed by atoms with Gasteiger partial charge in [-0.25, -0.2) is 14.4 Å². The van der Waals surface area contributed by atoms with Crippen LogP contribution in [0.1, 0.15) is 10.4 Å². The predicted octanol–water partition coefficient (Wildman–Crippen LogP) is 3.39. The number of nitrogens with zero attached hydrogens (tertiary/aromatic N) is 2. The molecule has 1 heterocycles. The van der Waals surface area contributed by atoms with Gasteiger partial charge in [0.15, 0.2) is 5.82 Å². The highest BCUT2D eigenvalue weighted by Gasteiger charge is 2.09. The molecule has 0 saturated carbocycles. The van der Waals surface area contributed by atoms with Gasteiger partial charge in [0, 0.05) is 5.56 Å². The Balaban J connectivity index is 2.16. The van der Waals surface area contributed by atoms with Gasteiger partial charge in [0.2, 0.25) is 0 Å². The average molecular weight is 375 g/mol. The topological polar surface area (TPSA) is 54.9 Å².